The largest absolute Gasteiger partial charge is 0.497 e. The molecule has 5 aromatic rings. The van der Waals surface area contributed by atoms with Crippen molar-refractivity contribution in [3.8, 4) is 22.7 Å². The molecule has 0 unspecified atom stereocenters. The maximum Gasteiger partial charge on any atom is 0.280 e. The summed E-state index contributed by atoms with van der Waals surface area (Å²) >= 11 is 0. The molecule has 3 aromatic carbocycles. The number of ether oxygens (including phenoxy) is 1. The molecule has 0 spiro atoms. The standard InChI is InChI=1S/C29H25N5O4S/c1-20(31-22-13-17-25(18-14-22)39(36,37)33-26-10-6-7-19-30-26)27-28(21-11-15-24(38-2)16-12-21)32-34(29(27)35)23-8-4-3-5-9-23/h3-19,32H,1-2H3,(H,30,33). The Labute approximate surface area is 225 Å². The Morgan fingerprint density at radius 3 is 2.26 bits per heavy atom. The van der Waals surface area contributed by atoms with Gasteiger partial charge >= 0.3 is 0 Å². The van der Waals surface area contributed by atoms with Crippen LogP contribution < -0.4 is 15.0 Å². The minimum atomic E-state index is -3.82. The number of aromatic nitrogens is 3. The second kappa shape index (κ2) is 10.8. The van der Waals surface area contributed by atoms with Crippen LogP contribution in [0, 0.1) is 0 Å². The number of hydrogen-bond acceptors (Lipinski definition) is 6. The van der Waals surface area contributed by atoms with E-state index < -0.39 is 10.0 Å². The Bertz CT molecular complexity index is 1780. The van der Waals surface area contributed by atoms with Crippen molar-refractivity contribution in [2.24, 2.45) is 4.99 Å². The van der Waals surface area contributed by atoms with Crippen LogP contribution in [0.15, 0.2) is 118 Å². The van der Waals surface area contributed by atoms with Gasteiger partial charge in [-0.1, -0.05) is 24.3 Å². The molecule has 10 heteroatoms. The van der Waals surface area contributed by atoms with Crippen molar-refractivity contribution in [2.45, 2.75) is 11.8 Å². The van der Waals surface area contributed by atoms with Gasteiger partial charge in [-0.05, 0) is 79.7 Å². The number of aromatic amines is 1. The summed E-state index contributed by atoms with van der Waals surface area (Å²) in [6, 6.07) is 27.7. The predicted molar refractivity (Wildman–Crippen MR) is 152 cm³/mol. The molecule has 0 aliphatic heterocycles. The molecule has 5 rings (SSSR count). The fourth-order valence-electron chi connectivity index (χ4n) is 4.07. The lowest BCUT2D eigenvalue weighted by molar-refractivity contribution is 0.415. The average Bonchev–Trinajstić information content (AvgIpc) is 3.31. The van der Waals surface area contributed by atoms with Gasteiger partial charge in [0.1, 0.15) is 11.6 Å². The Morgan fingerprint density at radius 2 is 1.62 bits per heavy atom. The van der Waals surface area contributed by atoms with E-state index in [1.807, 2.05) is 54.6 Å². The first-order valence-corrected chi connectivity index (χ1v) is 13.5. The fraction of sp³-hybridized carbons (Fsp3) is 0.0690. The minimum Gasteiger partial charge on any atom is -0.497 e. The Balaban J connectivity index is 1.52. The summed E-state index contributed by atoms with van der Waals surface area (Å²) in [6.07, 6.45) is 1.51. The third-order valence-corrected chi connectivity index (χ3v) is 7.36. The van der Waals surface area contributed by atoms with E-state index in [4.69, 9.17) is 4.74 Å². The van der Waals surface area contributed by atoms with Gasteiger partial charge in [0.15, 0.2) is 0 Å². The Hall–Kier alpha value is -4.96. The van der Waals surface area contributed by atoms with Crippen molar-refractivity contribution in [3.05, 3.63) is 119 Å². The first-order valence-electron chi connectivity index (χ1n) is 12.0. The molecule has 2 aromatic heterocycles. The summed E-state index contributed by atoms with van der Waals surface area (Å²) in [5, 5.41) is 3.23. The van der Waals surface area contributed by atoms with Crippen LogP contribution in [-0.4, -0.2) is 36.0 Å². The number of aliphatic imine (C=N–C) groups is 1. The second-order valence-corrected chi connectivity index (χ2v) is 10.3. The van der Waals surface area contributed by atoms with Crippen LogP contribution in [0.25, 0.3) is 16.9 Å². The van der Waals surface area contributed by atoms with Gasteiger partial charge in [-0.15, -0.1) is 0 Å². The zero-order chi connectivity index (χ0) is 27.4. The van der Waals surface area contributed by atoms with E-state index in [0.717, 1.165) is 5.56 Å². The van der Waals surface area contributed by atoms with Crippen LogP contribution in [0.4, 0.5) is 11.5 Å². The van der Waals surface area contributed by atoms with E-state index in [1.165, 1.54) is 23.0 Å². The highest BCUT2D eigenvalue weighted by molar-refractivity contribution is 7.92. The molecule has 0 amide bonds. The molecule has 0 bridgehead atoms. The number of H-pyrrole nitrogens is 1. The van der Waals surface area contributed by atoms with Gasteiger partial charge in [0.25, 0.3) is 15.6 Å². The number of nitrogens with one attached hydrogen (secondary N) is 2. The monoisotopic (exact) mass is 539 g/mol. The predicted octanol–water partition coefficient (Wildman–Crippen LogP) is 5.18. The summed E-state index contributed by atoms with van der Waals surface area (Å²) in [7, 11) is -2.23. The highest BCUT2D eigenvalue weighted by Crippen LogP contribution is 2.26. The van der Waals surface area contributed by atoms with E-state index in [1.54, 1.807) is 44.4 Å². The number of pyridine rings is 1. The third kappa shape index (κ3) is 5.51. The summed E-state index contributed by atoms with van der Waals surface area (Å²) in [5.41, 5.74) is 3.19. The maximum atomic E-state index is 13.6. The summed E-state index contributed by atoms with van der Waals surface area (Å²) in [5.74, 6) is 0.923. The Kier molecular flexibility index (Phi) is 7.11. The normalized spacial score (nSPS) is 11.8. The lowest BCUT2D eigenvalue weighted by Gasteiger charge is -2.07. The number of hydrogen-bond donors (Lipinski definition) is 2. The molecule has 9 nitrogen and oxygen atoms in total. The van der Waals surface area contributed by atoms with Crippen LogP contribution in [0.2, 0.25) is 0 Å². The lowest BCUT2D eigenvalue weighted by atomic mass is 10.0. The maximum absolute atomic E-state index is 13.6. The molecular formula is C29H25N5O4S. The van der Waals surface area contributed by atoms with Crippen LogP contribution in [-0.2, 0) is 10.0 Å². The molecule has 0 aliphatic carbocycles. The van der Waals surface area contributed by atoms with E-state index in [0.29, 0.717) is 34.1 Å². The molecule has 196 valence electrons. The molecule has 0 saturated carbocycles. The van der Waals surface area contributed by atoms with E-state index in [9.17, 15) is 13.2 Å². The average molecular weight is 540 g/mol. The first kappa shape index (κ1) is 25.7. The van der Waals surface area contributed by atoms with Crippen molar-refractivity contribution >= 4 is 27.2 Å². The quantitative estimate of drug-likeness (QED) is 0.264. The Morgan fingerprint density at radius 1 is 0.923 bits per heavy atom. The number of anilines is 1. The number of sulfonamides is 1. The van der Waals surface area contributed by atoms with Gasteiger partial charge < -0.3 is 4.74 Å². The lowest BCUT2D eigenvalue weighted by Crippen LogP contribution is -2.19. The third-order valence-electron chi connectivity index (χ3n) is 5.99. The summed E-state index contributed by atoms with van der Waals surface area (Å²) < 4.78 is 34.7. The zero-order valence-corrected chi connectivity index (χ0v) is 22.0. The molecule has 0 radical (unpaired) electrons. The van der Waals surface area contributed by atoms with Crippen molar-refractivity contribution in [3.63, 3.8) is 0 Å². The highest BCUT2D eigenvalue weighted by atomic mass is 32.2. The molecule has 2 N–H and O–H groups in total. The summed E-state index contributed by atoms with van der Waals surface area (Å²) in [4.78, 5) is 22.3. The van der Waals surface area contributed by atoms with Crippen LogP contribution in [0.5, 0.6) is 5.75 Å². The van der Waals surface area contributed by atoms with E-state index in [-0.39, 0.29) is 16.3 Å². The zero-order valence-electron chi connectivity index (χ0n) is 21.2. The molecule has 39 heavy (non-hydrogen) atoms. The van der Waals surface area contributed by atoms with Crippen LogP contribution in [0.3, 0.4) is 0 Å². The molecular weight excluding hydrogens is 514 g/mol. The second-order valence-electron chi connectivity index (χ2n) is 8.58. The van der Waals surface area contributed by atoms with E-state index >= 15 is 0 Å². The number of rotatable bonds is 8. The van der Waals surface area contributed by atoms with Crippen molar-refractivity contribution in [1.29, 1.82) is 0 Å². The first-order chi connectivity index (χ1) is 18.9. The van der Waals surface area contributed by atoms with Gasteiger partial charge in [-0.2, -0.15) is 0 Å². The molecule has 2 heterocycles. The highest BCUT2D eigenvalue weighted by Gasteiger charge is 2.20. The van der Waals surface area contributed by atoms with Crippen LogP contribution >= 0.6 is 0 Å². The van der Waals surface area contributed by atoms with E-state index in [2.05, 4.69) is 19.8 Å². The molecule has 0 aliphatic rings. The smallest absolute Gasteiger partial charge is 0.280 e. The van der Waals surface area contributed by atoms with Gasteiger partial charge in [0.2, 0.25) is 0 Å². The molecule has 0 fully saturated rings. The van der Waals surface area contributed by atoms with Crippen molar-refractivity contribution in [2.75, 3.05) is 11.8 Å². The number of para-hydroxylation sites is 1. The number of nitrogens with zero attached hydrogens (tertiary/aromatic N) is 3. The topological polar surface area (TPSA) is 118 Å². The number of methoxy groups -OCH3 is 1. The van der Waals surface area contributed by atoms with Gasteiger partial charge in [-0.3, -0.25) is 19.6 Å². The molecule has 0 saturated heterocycles. The fourth-order valence-corrected chi connectivity index (χ4v) is 5.08. The van der Waals surface area contributed by atoms with Crippen molar-refractivity contribution in [1.82, 2.24) is 14.8 Å². The van der Waals surface area contributed by atoms with Crippen molar-refractivity contribution < 1.29 is 13.2 Å². The number of benzene rings is 3. The van der Waals surface area contributed by atoms with Gasteiger partial charge in [0.05, 0.1) is 40.3 Å². The summed E-state index contributed by atoms with van der Waals surface area (Å²) in [6.45, 7) is 1.75. The van der Waals surface area contributed by atoms with Crippen LogP contribution in [0.1, 0.15) is 12.5 Å². The van der Waals surface area contributed by atoms with Gasteiger partial charge in [0, 0.05) is 11.8 Å². The minimum absolute atomic E-state index is 0.0664. The SMILES string of the molecule is COc1ccc(-c2[nH]n(-c3ccccc3)c(=O)c2C(C)=Nc2ccc(S(=O)(=O)Nc3ccccn3)cc2)cc1. The van der Waals surface area contributed by atoms with Gasteiger partial charge in [-0.25, -0.2) is 18.1 Å². The molecule has 0 atom stereocenters.